The maximum absolute atomic E-state index is 11.4. The van der Waals surface area contributed by atoms with E-state index in [1.807, 2.05) is 43.3 Å². The summed E-state index contributed by atoms with van der Waals surface area (Å²) in [5.74, 6) is 2.36. The van der Waals surface area contributed by atoms with Gasteiger partial charge in [0.15, 0.2) is 5.75 Å². The molecule has 160 valence electrons. The van der Waals surface area contributed by atoms with Crippen LogP contribution in [0.25, 0.3) is 0 Å². The zero-order valence-electron chi connectivity index (χ0n) is 15.9. The van der Waals surface area contributed by atoms with Crippen molar-refractivity contribution in [1.29, 1.82) is 0 Å². The smallest absolute Gasteiger partial charge is 0.156 e. The number of hydrogen-bond donors (Lipinski definition) is 1. The van der Waals surface area contributed by atoms with Crippen LogP contribution in [0.3, 0.4) is 0 Å². The monoisotopic (exact) mass is 496 g/mol. The normalized spacial score (nSPS) is 13.1. The van der Waals surface area contributed by atoms with Gasteiger partial charge in [0.1, 0.15) is 12.4 Å². The number of alkyl halides is 1. The molecule has 0 radical (unpaired) electrons. The fourth-order valence-electron chi connectivity index (χ4n) is 2.28. The van der Waals surface area contributed by atoms with Crippen molar-refractivity contribution in [2.24, 2.45) is 0 Å². The minimum absolute atomic E-state index is 0.106. The maximum atomic E-state index is 11.4. The van der Waals surface area contributed by atoms with E-state index in [0.717, 1.165) is 9.79 Å². The first-order valence-electron chi connectivity index (χ1n) is 9.04. The van der Waals surface area contributed by atoms with Crippen LogP contribution in [0.15, 0.2) is 46.2 Å². The molecule has 29 heavy (non-hydrogen) atoms. The predicted octanol–water partition coefficient (Wildman–Crippen LogP) is 5.66. The predicted molar refractivity (Wildman–Crippen MR) is 123 cm³/mol. The van der Waals surface area contributed by atoms with Gasteiger partial charge in [-0.3, -0.25) is 4.21 Å². The van der Waals surface area contributed by atoms with Gasteiger partial charge in [0.05, 0.1) is 28.5 Å². The average Bonchev–Trinajstić information content (AvgIpc) is 2.69. The first kappa shape index (κ1) is 24.6. The molecule has 0 aromatic heterocycles. The fraction of sp³-hybridized carbons (Fsp3) is 0.400. The van der Waals surface area contributed by atoms with Gasteiger partial charge < -0.3 is 14.6 Å². The van der Waals surface area contributed by atoms with Crippen molar-refractivity contribution in [3.05, 3.63) is 46.4 Å². The Bertz CT molecular complexity index is 780. The third-order valence-electron chi connectivity index (χ3n) is 3.70. The lowest BCUT2D eigenvalue weighted by atomic mass is 10.3. The first-order valence-corrected chi connectivity index (χ1v) is 12.6. The van der Waals surface area contributed by atoms with E-state index in [9.17, 15) is 9.32 Å². The van der Waals surface area contributed by atoms with Gasteiger partial charge in [-0.05, 0) is 42.8 Å². The quantitative estimate of drug-likeness (QED) is 0.303. The summed E-state index contributed by atoms with van der Waals surface area (Å²) in [6, 6.07) is 11.1. The molecule has 2 aromatic rings. The topological polar surface area (TPSA) is 55.8 Å². The van der Waals surface area contributed by atoms with Gasteiger partial charge in [-0.15, -0.1) is 11.6 Å². The molecule has 0 fully saturated rings. The van der Waals surface area contributed by atoms with Crippen molar-refractivity contribution in [2.45, 2.75) is 29.2 Å². The van der Waals surface area contributed by atoms with E-state index in [1.165, 1.54) is 11.8 Å². The SMILES string of the molecule is CCS(=O)CC(O)COc1ccc(Sc2cc(Cl)c(OCCCCl)c(Cl)c2)cc1. The molecule has 9 heteroatoms. The maximum Gasteiger partial charge on any atom is 0.156 e. The molecular weight excluding hydrogens is 475 g/mol. The molecule has 2 atom stereocenters. The standard InChI is InChI=1S/C20H23Cl3O4S2/c1-2-29(25)13-14(24)12-27-15-4-6-16(7-5-15)28-17-10-18(22)20(19(23)11-17)26-9-3-8-21/h4-7,10-11,14,24H,2-3,8-9,12-13H2,1H3. The fourth-order valence-corrected chi connectivity index (χ4v) is 4.77. The van der Waals surface area contributed by atoms with Crippen LogP contribution in [-0.4, -0.2) is 46.0 Å². The first-order chi connectivity index (χ1) is 13.9. The van der Waals surface area contributed by atoms with E-state index in [2.05, 4.69) is 0 Å². The molecular formula is C20H23Cl3O4S2. The molecule has 0 spiro atoms. The van der Waals surface area contributed by atoms with Crippen LogP contribution >= 0.6 is 46.6 Å². The summed E-state index contributed by atoms with van der Waals surface area (Å²) >= 11 is 19.8. The van der Waals surface area contributed by atoms with Crippen LogP contribution in [0.1, 0.15) is 13.3 Å². The van der Waals surface area contributed by atoms with Gasteiger partial charge in [0, 0.05) is 32.2 Å². The molecule has 2 aromatic carbocycles. The summed E-state index contributed by atoms with van der Waals surface area (Å²) in [5, 5.41) is 10.7. The third-order valence-corrected chi connectivity index (χ3v) is 6.91. The number of ether oxygens (including phenoxy) is 2. The summed E-state index contributed by atoms with van der Waals surface area (Å²) < 4.78 is 22.6. The molecule has 1 N–H and O–H groups in total. The summed E-state index contributed by atoms with van der Waals surface area (Å²) in [6.45, 7) is 2.39. The second-order valence-electron chi connectivity index (χ2n) is 6.04. The van der Waals surface area contributed by atoms with E-state index in [1.54, 1.807) is 0 Å². The van der Waals surface area contributed by atoms with E-state index in [4.69, 9.17) is 44.3 Å². The molecule has 0 amide bonds. The molecule has 0 saturated heterocycles. The van der Waals surface area contributed by atoms with Crippen LogP contribution in [0.4, 0.5) is 0 Å². The Morgan fingerprint density at radius 3 is 2.34 bits per heavy atom. The minimum Gasteiger partial charge on any atom is -0.491 e. The Morgan fingerprint density at radius 2 is 1.76 bits per heavy atom. The van der Waals surface area contributed by atoms with Crippen LogP contribution in [-0.2, 0) is 10.8 Å². The molecule has 2 unspecified atom stereocenters. The van der Waals surface area contributed by atoms with Crippen molar-refractivity contribution >= 4 is 57.4 Å². The van der Waals surface area contributed by atoms with Gasteiger partial charge in [-0.25, -0.2) is 0 Å². The molecule has 0 aliphatic rings. The van der Waals surface area contributed by atoms with Gasteiger partial charge >= 0.3 is 0 Å². The van der Waals surface area contributed by atoms with Gasteiger partial charge in [-0.2, -0.15) is 0 Å². The lowest BCUT2D eigenvalue weighted by molar-refractivity contribution is 0.125. The highest BCUT2D eigenvalue weighted by atomic mass is 35.5. The Kier molecular flexibility index (Phi) is 11.0. The third kappa shape index (κ3) is 8.56. The molecule has 2 rings (SSSR count). The average molecular weight is 498 g/mol. The second kappa shape index (κ2) is 12.9. The summed E-state index contributed by atoms with van der Waals surface area (Å²) in [7, 11) is -1.02. The van der Waals surface area contributed by atoms with Gasteiger partial charge in [-0.1, -0.05) is 41.9 Å². The highest BCUT2D eigenvalue weighted by Gasteiger charge is 2.12. The van der Waals surface area contributed by atoms with Crippen molar-refractivity contribution in [3.8, 4) is 11.5 Å². The van der Waals surface area contributed by atoms with Crippen LogP contribution < -0.4 is 9.47 Å². The van der Waals surface area contributed by atoms with Gasteiger partial charge in [0.25, 0.3) is 0 Å². The van der Waals surface area contributed by atoms with Crippen LogP contribution in [0.5, 0.6) is 11.5 Å². The molecule has 0 heterocycles. The molecule has 0 saturated carbocycles. The number of benzene rings is 2. The summed E-state index contributed by atoms with van der Waals surface area (Å²) in [6.07, 6.45) is -0.0358. The number of hydrogen-bond acceptors (Lipinski definition) is 5. The Balaban J connectivity index is 1.93. The molecule has 4 nitrogen and oxygen atoms in total. The van der Waals surface area contributed by atoms with Crippen molar-refractivity contribution < 1.29 is 18.8 Å². The number of aliphatic hydroxyl groups excluding tert-OH is 1. The van der Waals surface area contributed by atoms with E-state index in [-0.39, 0.29) is 12.4 Å². The molecule has 0 aliphatic carbocycles. The highest BCUT2D eigenvalue weighted by molar-refractivity contribution is 7.99. The van der Waals surface area contributed by atoms with Crippen LogP contribution in [0.2, 0.25) is 10.0 Å². The number of halogens is 3. The zero-order chi connectivity index (χ0) is 21.2. The Labute approximate surface area is 193 Å². The van der Waals surface area contributed by atoms with E-state index >= 15 is 0 Å². The van der Waals surface area contributed by atoms with Crippen molar-refractivity contribution in [1.82, 2.24) is 0 Å². The largest absolute Gasteiger partial charge is 0.491 e. The lowest BCUT2D eigenvalue weighted by Gasteiger charge is -2.13. The van der Waals surface area contributed by atoms with E-state index in [0.29, 0.717) is 46.2 Å². The second-order valence-corrected chi connectivity index (χ2v) is 10.2. The Hall–Kier alpha value is -0.630. The van der Waals surface area contributed by atoms with Gasteiger partial charge in [0.2, 0.25) is 0 Å². The minimum atomic E-state index is -1.02. The van der Waals surface area contributed by atoms with Crippen LogP contribution in [0, 0.1) is 0 Å². The highest BCUT2D eigenvalue weighted by Crippen LogP contribution is 2.39. The van der Waals surface area contributed by atoms with E-state index < -0.39 is 16.9 Å². The summed E-state index contributed by atoms with van der Waals surface area (Å²) in [4.78, 5) is 1.86. The number of rotatable bonds is 12. The lowest BCUT2D eigenvalue weighted by Crippen LogP contribution is -2.24. The zero-order valence-corrected chi connectivity index (χ0v) is 19.8. The molecule has 0 bridgehead atoms. The Morgan fingerprint density at radius 1 is 1.10 bits per heavy atom. The number of aliphatic hydroxyl groups is 1. The molecule has 0 aliphatic heterocycles. The van der Waals surface area contributed by atoms with Crippen molar-refractivity contribution in [2.75, 3.05) is 30.6 Å². The van der Waals surface area contributed by atoms with Crippen molar-refractivity contribution in [3.63, 3.8) is 0 Å². The summed E-state index contributed by atoms with van der Waals surface area (Å²) in [5.41, 5.74) is 0.